The molecule has 2 aromatic heterocycles. The van der Waals surface area contributed by atoms with Gasteiger partial charge in [-0.05, 0) is 35.6 Å². The zero-order valence-electron chi connectivity index (χ0n) is 13.3. The summed E-state index contributed by atoms with van der Waals surface area (Å²) < 4.78 is 5.96. The Labute approximate surface area is 144 Å². The number of ether oxygens (including phenoxy) is 1. The van der Waals surface area contributed by atoms with Crippen LogP contribution in [-0.4, -0.2) is 25.6 Å². The lowest BCUT2D eigenvalue weighted by atomic mass is 10.2. The molecule has 0 saturated carbocycles. The van der Waals surface area contributed by atoms with E-state index in [1.807, 2.05) is 60.7 Å². The number of aromatic nitrogens is 5. The number of aromatic amines is 1. The van der Waals surface area contributed by atoms with E-state index in [0.717, 1.165) is 27.9 Å². The molecular weight excluding hydrogens is 314 g/mol. The monoisotopic (exact) mass is 329 g/mol. The van der Waals surface area contributed by atoms with Crippen LogP contribution in [0.3, 0.4) is 0 Å². The van der Waals surface area contributed by atoms with E-state index in [1.165, 1.54) is 0 Å². The summed E-state index contributed by atoms with van der Waals surface area (Å²) in [5.41, 5.74) is 2.79. The quantitative estimate of drug-likeness (QED) is 0.606. The van der Waals surface area contributed by atoms with Crippen LogP contribution in [0.5, 0.6) is 5.75 Å². The van der Waals surface area contributed by atoms with Crippen molar-refractivity contribution in [3.63, 3.8) is 0 Å². The van der Waals surface area contributed by atoms with Crippen LogP contribution in [0.1, 0.15) is 17.1 Å². The maximum atomic E-state index is 5.96. The van der Waals surface area contributed by atoms with Crippen molar-refractivity contribution >= 4 is 23.1 Å². The number of tetrazole rings is 1. The Morgan fingerprint density at radius 1 is 0.920 bits per heavy atom. The lowest BCUT2D eigenvalue weighted by molar-refractivity contribution is 0.301. The number of H-pyrrole nitrogens is 1. The molecular formula is C19H15N5O. The van der Waals surface area contributed by atoms with Crippen LogP contribution in [0.25, 0.3) is 23.1 Å². The molecule has 0 aliphatic rings. The highest BCUT2D eigenvalue weighted by Crippen LogP contribution is 2.21. The molecule has 0 aliphatic heterocycles. The molecule has 1 N–H and O–H groups in total. The van der Waals surface area contributed by atoms with Crippen LogP contribution in [0, 0.1) is 0 Å². The maximum Gasteiger partial charge on any atom is 0.197 e. The van der Waals surface area contributed by atoms with Gasteiger partial charge in [-0.15, -0.1) is 10.2 Å². The molecule has 0 bridgehead atoms. The van der Waals surface area contributed by atoms with E-state index in [-0.39, 0.29) is 0 Å². The molecule has 0 saturated heterocycles. The third-order valence-corrected chi connectivity index (χ3v) is 3.72. The Morgan fingerprint density at radius 3 is 2.72 bits per heavy atom. The number of nitrogens with zero attached hydrogens (tertiary/aromatic N) is 4. The summed E-state index contributed by atoms with van der Waals surface area (Å²) in [6.07, 6.45) is 3.67. The van der Waals surface area contributed by atoms with Gasteiger partial charge in [0.05, 0.1) is 11.2 Å². The van der Waals surface area contributed by atoms with Gasteiger partial charge < -0.3 is 4.74 Å². The molecule has 6 heteroatoms. The molecule has 0 aliphatic carbocycles. The molecule has 4 aromatic rings. The summed E-state index contributed by atoms with van der Waals surface area (Å²) in [6.45, 7) is 0.401. The molecule has 0 fully saturated rings. The van der Waals surface area contributed by atoms with Gasteiger partial charge >= 0.3 is 0 Å². The highest BCUT2D eigenvalue weighted by molar-refractivity contribution is 5.78. The summed E-state index contributed by atoms with van der Waals surface area (Å²) in [4.78, 5) is 4.63. The summed E-state index contributed by atoms with van der Waals surface area (Å²) >= 11 is 0. The van der Waals surface area contributed by atoms with Gasteiger partial charge in [-0.3, -0.25) is 0 Å². The Balaban J connectivity index is 1.52. The Bertz CT molecular complexity index is 1010. The van der Waals surface area contributed by atoms with E-state index in [0.29, 0.717) is 12.4 Å². The van der Waals surface area contributed by atoms with Crippen molar-refractivity contribution in [2.75, 3.05) is 0 Å². The fourth-order valence-corrected chi connectivity index (χ4v) is 2.49. The van der Waals surface area contributed by atoms with E-state index in [1.54, 1.807) is 6.08 Å². The molecule has 25 heavy (non-hydrogen) atoms. The molecule has 0 spiro atoms. The molecule has 6 nitrogen and oxygen atoms in total. The minimum atomic E-state index is 0.401. The second-order valence-corrected chi connectivity index (χ2v) is 5.43. The van der Waals surface area contributed by atoms with Crippen molar-refractivity contribution in [1.29, 1.82) is 0 Å². The van der Waals surface area contributed by atoms with E-state index in [4.69, 9.17) is 4.74 Å². The minimum absolute atomic E-state index is 0.401. The first-order valence-corrected chi connectivity index (χ1v) is 7.86. The molecule has 2 aromatic carbocycles. The summed E-state index contributed by atoms with van der Waals surface area (Å²) in [5.74, 6) is 1.29. The average Bonchev–Trinajstić information content (AvgIpc) is 3.19. The predicted molar refractivity (Wildman–Crippen MR) is 95.6 cm³/mol. The van der Waals surface area contributed by atoms with Crippen molar-refractivity contribution in [2.45, 2.75) is 6.61 Å². The molecule has 122 valence electrons. The normalized spacial score (nSPS) is 11.2. The Hall–Kier alpha value is -3.54. The Morgan fingerprint density at radius 2 is 1.80 bits per heavy atom. The van der Waals surface area contributed by atoms with Crippen molar-refractivity contribution in [2.24, 2.45) is 0 Å². The summed E-state index contributed by atoms with van der Waals surface area (Å²) in [6, 6.07) is 19.9. The van der Waals surface area contributed by atoms with E-state index >= 15 is 0 Å². The van der Waals surface area contributed by atoms with Gasteiger partial charge in [0.15, 0.2) is 5.82 Å². The average molecular weight is 329 g/mol. The smallest absolute Gasteiger partial charge is 0.197 e. The van der Waals surface area contributed by atoms with E-state index in [2.05, 4.69) is 31.7 Å². The van der Waals surface area contributed by atoms with Crippen molar-refractivity contribution in [3.05, 3.63) is 77.7 Å². The lowest BCUT2D eigenvalue weighted by Crippen LogP contribution is -1.99. The highest BCUT2D eigenvalue weighted by Gasteiger charge is 2.03. The molecule has 0 atom stereocenters. The number of pyridine rings is 1. The SMILES string of the molecule is C(=C/c1ccccc1OCc1ccc2ccccc2n1)/c1nn[nH]n1. The summed E-state index contributed by atoms with van der Waals surface area (Å²) in [5, 5.41) is 14.9. The molecule has 2 heterocycles. The van der Waals surface area contributed by atoms with Crippen molar-refractivity contribution < 1.29 is 4.74 Å². The van der Waals surface area contributed by atoms with Gasteiger partial charge in [-0.2, -0.15) is 5.21 Å². The van der Waals surface area contributed by atoms with Crippen molar-refractivity contribution in [1.82, 2.24) is 25.6 Å². The Kier molecular flexibility index (Phi) is 4.16. The van der Waals surface area contributed by atoms with Crippen LogP contribution >= 0.6 is 0 Å². The number of fused-ring (bicyclic) bond motifs is 1. The first kappa shape index (κ1) is 15.0. The first-order chi connectivity index (χ1) is 12.4. The van der Waals surface area contributed by atoms with Crippen LogP contribution < -0.4 is 4.74 Å². The summed E-state index contributed by atoms with van der Waals surface area (Å²) in [7, 11) is 0. The van der Waals surface area contributed by atoms with E-state index in [9.17, 15) is 0 Å². The number of para-hydroxylation sites is 2. The van der Waals surface area contributed by atoms with Gasteiger partial charge in [0.1, 0.15) is 12.4 Å². The molecule has 4 rings (SSSR count). The fraction of sp³-hybridized carbons (Fsp3) is 0.0526. The van der Waals surface area contributed by atoms with Gasteiger partial charge in [-0.1, -0.05) is 42.5 Å². The topological polar surface area (TPSA) is 76.6 Å². The fourth-order valence-electron chi connectivity index (χ4n) is 2.49. The second kappa shape index (κ2) is 6.92. The largest absolute Gasteiger partial charge is 0.487 e. The number of nitrogens with one attached hydrogen (secondary N) is 1. The maximum absolute atomic E-state index is 5.96. The van der Waals surface area contributed by atoms with Crippen LogP contribution in [-0.2, 0) is 6.61 Å². The molecule has 0 amide bonds. The molecule has 0 radical (unpaired) electrons. The minimum Gasteiger partial charge on any atom is -0.487 e. The predicted octanol–water partition coefficient (Wildman–Crippen LogP) is 3.50. The van der Waals surface area contributed by atoms with Crippen LogP contribution in [0.15, 0.2) is 60.7 Å². The second-order valence-electron chi connectivity index (χ2n) is 5.43. The third-order valence-electron chi connectivity index (χ3n) is 3.72. The first-order valence-electron chi connectivity index (χ1n) is 7.86. The number of hydrogen-bond donors (Lipinski definition) is 1. The standard InChI is InChI=1S/C19H15N5O/c1-3-7-17-14(5-1)9-11-16(20-17)13-25-18-8-4-2-6-15(18)10-12-19-21-23-24-22-19/h1-12H,13H2,(H,21,22,23,24)/b12-10-. The number of hydrogen-bond acceptors (Lipinski definition) is 5. The highest BCUT2D eigenvalue weighted by atomic mass is 16.5. The third kappa shape index (κ3) is 3.53. The zero-order valence-corrected chi connectivity index (χ0v) is 13.3. The van der Waals surface area contributed by atoms with Gasteiger partial charge in [0, 0.05) is 10.9 Å². The van der Waals surface area contributed by atoms with Crippen molar-refractivity contribution in [3.8, 4) is 5.75 Å². The van der Waals surface area contributed by atoms with Gasteiger partial charge in [0.25, 0.3) is 0 Å². The van der Waals surface area contributed by atoms with Gasteiger partial charge in [0.2, 0.25) is 0 Å². The lowest BCUT2D eigenvalue weighted by Gasteiger charge is -2.09. The van der Waals surface area contributed by atoms with E-state index < -0.39 is 0 Å². The zero-order chi connectivity index (χ0) is 16.9. The molecule has 0 unspecified atom stereocenters. The number of benzene rings is 2. The van der Waals surface area contributed by atoms with Gasteiger partial charge in [-0.25, -0.2) is 4.98 Å². The number of rotatable bonds is 5. The van der Waals surface area contributed by atoms with Crippen LogP contribution in [0.2, 0.25) is 0 Å². The van der Waals surface area contributed by atoms with Crippen LogP contribution in [0.4, 0.5) is 0 Å².